The summed E-state index contributed by atoms with van der Waals surface area (Å²) in [5, 5.41) is 3.54. The molecule has 0 aliphatic heterocycles. The highest BCUT2D eigenvalue weighted by Crippen LogP contribution is 2.19. The lowest BCUT2D eigenvalue weighted by molar-refractivity contribution is 0.100. The fraction of sp³-hybridized carbons (Fsp3) is 0.182. The number of halogens is 1. The second-order valence-electron chi connectivity index (χ2n) is 3.14. The Bertz CT molecular complexity index is 404. The number of rotatable bonds is 5. The van der Waals surface area contributed by atoms with Crippen LogP contribution in [0.1, 0.15) is 10.4 Å². The number of hydrogen-bond acceptors (Lipinski definition) is 3. The number of nitrogens with two attached hydrogens (primary N) is 2. The summed E-state index contributed by atoms with van der Waals surface area (Å²) >= 11 is 5.78. The van der Waals surface area contributed by atoms with Crippen molar-refractivity contribution in [1.29, 1.82) is 0 Å². The van der Waals surface area contributed by atoms with Gasteiger partial charge in [-0.2, -0.15) is 0 Å². The van der Waals surface area contributed by atoms with Gasteiger partial charge in [0.25, 0.3) is 5.91 Å². The number of benzene rings is 1. The Labute approximate surface area is 99.3 Å². The normalized spacial score (nSPS) is 10.6. The molecular weight excluding hydrogens is 226 g/mol. The SMILES string of the molecule is NC/C=C/CNc1ccc(Cl)cc1C(N)=O. The van der Waals surface area contributed by atoms with Gasteiger partial charge in [-0.15, -0.1) is 0 Å². The summed E-state index contributed by atoms with van der Waals surface area (Å²) in [7, 11) is 0. The minimum absolute atomic E-state index is 0.383. The second-order valence-corrected chi connectivity index (χ2v) is 3.58. The van der Waals surface area contributed by atoms with E-state index < -0.39 is 5.91 Å². The highest BCUT2D eigenvalue weighted by atomic mass is 35.5. The zero-order valence-corrected chi connectivity index (χ0v) is 9.50. The summed E-state index contributed by atoms with van der Waals surface area (Å²) in [6, 6.07) is 4.96. The molecule has 0 aliphatic rings. The number of anilines is 1. The van der Waals surface area contributed by atoms with Crippen molar-refractivity contribution >= 4 is 23.2 Å². The van der Waals surface area contributed by atoms with Crippen LogP contribution in [0, 0.1) is 0 Å². The molecule has 0 atom stereocenters. The van der Waals surface area contributed by atoms with Crippen molar-refractivity contribution in [2.75, 3.05) is 18.4 Å². The zero-order chi connectivity index (χ0) is 12.0. The molecule has 16 heavy (non-hydrogen) atoms. The van der Waals surface area contributed by atoms with Crippen LogP contribution >= 0.6 is 11.6 Å². The van der Waals surface area contributed by atoms with E-state index in [0.717, 1.165) is 0 Å². The fourth-order valence-corrected chi connectivity index (χ4v) is 1.40. The first-order chi connectivity index (χ1) is 7.65. The van der Waals surface area contributed by atoms with E-state index >= 15 is 0 Å². The van der Waals surface area contributed by atoms with Crippen LogP contribution < -0.4 is 16.8 Å². The van der Waals surface area contributed by atoms with Crippen LogP contribution in [0.5, 0.6) is 0 Å². The first-order valence-electron chi connectivity index (χ1n) is 4.83. The molecule has 1 aromatic carbocycles. The van der Waals surface area contributed by atoms with E-state index in [1.54, 1.807) is 18.2 Å². The molecule has 0 unspecified atom stereocenters. The van der Waals surface area contributed by atoms with E-state index in [0.29, 0.717) is 29.4 Å². The van der Waals surface area contributed by atoms with E-state index in [9.17, 15) is 4.79 Å². The summed E-state index contributed by atoms with van der Waals surface area (Å²) in [5.41, 5.74) is 11.6. The maximum absolute atomic E-state index is 11.1. The van der Waals surface area contributed by atoms with Gasteiger partial charge in [-0.3, -0.25) is 4.79 Å². The van der Waals surface area contributed by atoms with Crippen molar-refractivity contribution in [2.45, 2.75) is 0 Å². The molecule has 0 saturated heterocycles. The van der Waals surface area contributed by atoms with Gasteiger partial charge in [0.2, 0.25) is 0 Å². The molecule has 5 N–H and O–H groups in total. The van der Waals surface area contributed by atoms with E-state index in [1.807, 2.05) is 12.2 Å². The lowest BCUT2D eigenvalue weighted by Crippen LogP contribution is -2.14. The van der Waals surface area contributed by atoms with Crippen molar-refractivity contribution < 1.29 is 4.79 Å². The summed E-state index contributed by atoms with van der Waals surface area (Å²) in [6.07, 6.45) is 3.70. The van der Waals surface area contributed by atoms with Gasteiger partial charge < -0.3 is 16.8 Å². The predicted molar refractivity (Wildman–Crippen MR) is 66.7 cm³/mol. The third kappa shape index (κ3) is 3.56. The third-order valence-corrected chi connectivity index (χ3v) is 2.20. The summed E-state index contributed by atoms with van der Waals surface area (Å²) in [5.74, 6) is -0.507. The molecule has 0 spiro atoms. The average molecular weight is 240 g/mol. The van der Waals surface area contributed by atoms with Gasteiger partial charge in [0.05, 0.1) is 5.56 Å². The molecule has 0 saturated carbocycles. The first-order valence-corrected chi connectivity index (χ1v) is 5.21. The number of primary amides is 1. The summed E-state index contributed by atoms with van der Waals surface area (Å²) in [4.78, 5) is 11.1. The zero-order valence-electron chi connectivity index (χ0n) is 8.74. The lowest BCUT2D eigenvalue weighted by atomic mass is 10.1. The van der Waals surface area contributed by atoms with Gasteiger partial charge in [-0.1, -0.05) is 23.8 Å². The average Bonchev–Trinajstić information content (AvgIpc) is 2.26. The van der Waals surface area contributed by atoms with Gasteiger partial charge in [0, 0.05) is 23.8 Å². The monoisotopic (exact) mass is 239 g/mol. The lowest BCUT2D eigenvalue weighted by Gasteiger charge is -2.08. The molecule has 1 aromatic rings. The molecule has 0 fully saturated rings. The van der Waals surface area contributed by atoms with Crippen molar-refractivity contribution in [3.8, 4) is 0 Å². The first kappa shape index (κ1) is 12.5. The van der Waals surface area contributed by atoms with Crippen LogP contribution in [0.4, 0.5) is 5.69 Å². The Kier molecular flexibility index (Phi) is 4.82. The number of carbonyl (C=O) groups is 1. The van der Waals surface area contributed by atoms with Crippen LogP contribution in [0.2, 0.25) is 5.02 Å². The minimum Gasteiger partial charge on any atom is -0.381 e. The number of hydrogen-bond donors (Lipinski definition) is 3. The van der Waals surface area contributed by atoms with Gasteiger partial charge in [-0.05, 0) is 18.2 Å². The molecule has 0 bridgehead atoms. The second kappa shape index (κ2) is 6.15. The van der Waals surface area contributed by atoms with Crippen molar-refractivity contribution in [2.24, 2.45) is 11.5 Å². The maximum atomic E-state index is 11.1. The minimum atomic E-state index is -0.507. The number of carbonyl (C=O) groups excluding carboxylic acids is 1. The Morgan fingerprint density at radius 2 is 2.19 bits per heavy atom. The number of amides is 1. The largest absolute Gasteiger partial charge is 0.381 e. The highest BCUT2D eigenvalue weighted by molar-refractivity contribution is 6.31. The molecule has 0 radical (unpaired) electrons. The molecule has 0 heterocycles. The van der Waals surface area contributed by atoms with Gasteiger partial charge >= 0.3 is 0 Å². The van der Waals surface area contributed by atoms with Crippen LogP contribution in [0.25, 0.3) is 0 Å². The van der Waals surface area contributed by atoms with Crippen molar-refractivity contribution in [1.82, 2.24) is 0 Å². The topological polar surface area (TPSA) is 81.1 Å². The van der Waals surface area contributed by atoms with Crippen molar-refractivity contribution in [3.63, 3.8) is 0 Å². The third-order valence-electron chi connectivity index (χ3n) is 1.96. The summed E-state index contributed by atoms with van der Waals surface area (Å²) < 4.78 is 0. The maximum Gasteiger partial charge on any atom is 0.250 e. The van der Waals surface area contributed by atoms with Gasteiger partial charge in [-0.25, -0.2) is 0 Å². The summed E-state index contributed by atoms with van der Waals surface area (Å²) in [6.45, 7) is 1.07. The van der Waals surface area contributed by atoms with Gasteiger partial charge in [0.15, 0.2) is 0 Å². The molecular formula is C11H14ClN3O. The fourth-order valence-electron chi connectivity index (χ4n) is 1.22. The highest BCUT2D eigenvalue weighted by Gasteiger charge is 2.07. The van der Waals surface area contributed by atoms with E-state index in [1.165, 1.54) is 0 Å². The number of nitrogens with one attached hydrogen (secondary N) is 1. The standard InChI is InChI=1S/C11H14ClN3O/c12-8-3-4-10(9(7-8)11(14)16)15-6-2-1-5-13/h1-4,7,15H,5-6,13H2,(H2,14,16)/b2-1+. The van der Waals surface area contributed by atoms with Crippen LogP contribution in [-0.4, -0.2) is 19.0 Å². The van der Waals surface area contributed by atoms with E-state index in [-0.39, 0.29) is 0 Å². The molecule has 1 rings (SSSR count). The predicted octanol–water partition coefficient (Wildman–Crippen LogP) is 1.37. The quantitative estimate of drug-likeness (QED) is 0.679. The Morgan fingerprint density at radius 1 is 1.44 bits per heavy atom. The molecule has 0 aromatic heterocycles. The van der Waals surface area contributed by atoms with E-state index in [4.69, 9.17) is 23.1 Å². The Balaban J connectivity index is 2.78. The molecule has 1 amide bonds. The van der Waals surface area contributed by atoms with Crippen LogP contribution in [0.15, 0.2) is 30.4 Å². The molecule has 86 valence electrons. The Hall–Kier alpha value is -1.52. The molecule has 4 nitrogen and oxygen atoms in total. The van der Waals surface area contributed by atoms with Crippen LogP contribution in [0.3, 0.4) is 0 Å². The molecule has 5 heteroatoms. The van der Waals surface area contributed by atoms with E-state index in [2.05, 4.69) is 5.32 Å². The smallest absolute Gasteiger partial charge is 0.250 e. The Morgan fingerprint density at radius 3 is 2.81 bits per heavy atom. The van der Waals surface area contributed by atoms with Crippen LogP contribution in [-0.2, 0) is 0 Å². The van der Waals surface area contributed by atoms with Gasteiger partial charge in [0.1, 0.15) is 0 Å². The van der Waals surface area contributed by atoms with Crippen molar-refractivity contribution in [3.05, 3.63) is 40.9 Å². The molecule has 0 aliphatic carbocycles.